The molecule has 7 nitrogen and oxygen atoms in total. The molecule has 0 aliphatic carbocycles. The summed E-state index contributed by atoms with van der Waals surface area (Å²) in [5, 5.41) is 0.709. The Balaban J connectivity index is 1.81. The van der Waals surface area contributed by atoms with E-state index < -0.39 is 9.84 Å². The van der Waals surface area contributed by atoms with Crippen LogP contribution in [0.1, 0.15) is 32.3 Å². The second-order valence-electron chi connectivity index (χ2n) is 8.37. The number of aryl methyl sites for hydroxylation is 1. The Kier molecular flexibility index (Phi) is 7.07. The first-order chi connectivity index (χ1) is 16.4. The number of fused-ring (bicyclic) bond motifs is 1. The van der Waals surface area contributed by atoms with Gasteiger partial charge in [0.05, 0.1) is 35.7 Å². The predicted molar refractivity (Wildman–Crippen MR) is 131 cm³/mol. The van der Waals surface area contributed by atoms with Gasteiger partial charge < -0.3 is 14.4 Å². The Bertz CT molecular complexity index is 1280. The molecule has 1 aliphatic rings. The van der Waals surface area contributed by atoms with Gasteiger partial charge in [0.15, 0.2) is 0 Å². The Hall–Kier alpha value is -3.13. The first-order valence-electron chi connectivity index (χ1n) is 11.6. The minimum absolute atomic E-state index is 0.159. The molecule has 3 aromatic rings. The van der Waals surface area contributed by atoms with Crippen LogP contribution in [0.15, 0.2) is 58.5 Å². The second-order valence-corrected chi connectivity index (χ2v) is 10.3. The van der Waals surface area contributed by atoms with Crippen molar-refractivity contribution in [3.05, 3.63) is 54.2 Å². The van der Waals surface area contributed by atoms with E-state index in [2.05, 4.69) is 4.98 Å². The third kappa shape index (κ3) is 4.59. The van der Waals surface area contributed by atoms with Crippen LogP contribution in [0, 0.1) is 5.92 Å². The molecule has 0 atom stereocenters. The number of piperidine rings is 1. The average Bonchev–Trinajstić information content (AvgIpc) is 2.87. The van der Waals surface area contributed by atoms with E-state index in [0.717, 1.165) is 12.0 Å². The molecule has 34 heavy (non-hydrogen) atoms. The van der Waals surface area contributed by atoms with Gasteiger partial charge in [0.1, 0.15) is 10.6 Å². The molecule has 4 rings (SSSR count). The fraction of sp³-hybridized carbons (Fsp3) is 0.385. The van der Waals surface area contributed by atoms with E-state index in [1.165, 1.54) is 6.20 Å². The largest absolute Gasteiger partial charge is 0.497 e. The van der Waals surface area contributed by atoms with Crippen molar-refractivity contribution >= 4 is 32.4 Å². The Morgan fingerprint density at radius 2 is 1.79 bits per heavy atom. The number of rotatable bonds is 7. The van der Waals surface area contributed by atoms with E-state index in [0.29, 0.717) is 54.9 Å². The summed E-state index contributed by atoms with van der Waals surface area (Å²) in [7, 11) is -2.25. The minimum atomic E-state index is -3.83. The Morgan fingerprint density at radius 3 is 2.41 bits per heavy atom. The summed E-state index contributed by atoms with van der Waals surface area (Å²) in [6, 6.07) is 12.5. The number of sulfone groups is 1. The number of benzene rings is 2. The summed E-state index contributed by atoms with van der Waals surface area (Å²) >= 11 is 0. The van der Waals surface area contributed by atoms with Crippen LogP contribution in [0.25, 0.3) is 10.9 Å². The van der Waals surface area contributed by atoms with Gasteiger partial charge >= 0.3 is 5.97 Å². The normalized spacial score (nSPS) is 14.9. The van der Waals surface area contributed by atoms with Crippen molar-refractivity contribution in [2.24, 2.45) is 5.92 Å². The van der Waals surface area contributed by atoms with Crippen LogP contribution in [-0.4, -0.2) is 46.2 Å². The quantitative estimate of drug-likeness (QED) is 0.461. The highest BCUT2D eigenvalue weighted by atomic mass is 32.2. The molecular weight excluding hydrogens is 452 g/mol. The van der Waals surface area contributed by atoms with Crippen LogP contribution in [0.4, 0.5) is 5.69 Å². The van der Waals surface area contributed by atoms with Gasteiger partial charge in [-0.05, 0) is 62.1 Å². The van der Waals surface area contributed by atoms with Crippen LogP contribution in [0.2, 0.25) is 0 Å². The van der Waals surface area contributed by atoms with E-state index in [9.17, 15) is 13.2 Å². The van der Waals surface area contributed by atoms with E-state index in [4.69, 9.17) is 9.47 Å². The average molecular weight is 483 g/mol. The number of carbonyl (C=O) groups excluding carboxylic acids is 1. The molecule has 2 heterocycles. The van der Waals surface area contributed by atoms with Crippen LogP contribution in [0.5, 0.6) is 5.75 Å². The molecule has 1 aliphatic heterocycles. The van der Waals surface area contributed by atoms with Crippen LogP contribution in [-0.2, 0) is 25.8 Å². The first-order valence-corrected chi connectivity index (χ1v) is 13.1. The first kappa shape index (κ1) is 24.0. The molecule has 0 radical (unpaired) electrons. The predicted octanol–water partition coefficient (Wildman–Crippen LogP) is 4.42. The molecule has 0 saturated carbocycles. The summed E-state index contributed by atoms with van der Waals surface area (Å²) in [5.41, 5.74) is 2.36. The highest BCUT2D eigenvalue weighted by molar-refractivity contribution is 7.91. The van der Waals surface area contributed by atoms with Crippen LogP contribution >= 0.6 is 0 Å². The fourth-order valence-corrected chi connectivity index (χ4v) is 5.85. The van der Waals surface area contributed by atoms with Crippen molar-refractivity contribution in [3.63, 3.8) is 0 Å². The van der Waals surface area contributed by atoms with Gasteiger partial charge in [-0.15, -0.1) is 0 Å². The third-order valence-corrected chi connectivity index (χ3v) is 8.15. The molecule has 8 heteroatoms. The summed E-state index contributed by atoms with van der Waals surface area (Å²) < 4.78 is 38.2. The number of esters is 1. The van der Waals surface area contributed by atoms with Gasteiger partial charge in [0, 0.05) is 24.7 Å². The van der Waals surface area contributed by atoms with Crippen LogP contribution in [0.3, 0.4) is 0 Å². The van der Waals surface area contributed by atoms with Crippen molar-refractivity contribution in [2.45, 2.75) is 42.9 Å². The van der Waals surface area contributed by atoms with Gasteiger partial charge in [0.2, 0.25) is 9.84 Å². The molecule has 0 unspecified atom stereocenters. The highest BCUT2D eigenvalue weighted by Crippen LogP contribution is 2.39. The molecule has 1 fully saturated rings. The van der Waals surface area contributed by atoms with Crippen LogP contribution < -0.4 is 9.64 Å². The zero-order valence-corrected chi connectivity index (χ0v) is 20.6. The molecule has 1 aromatic heterocycles. The zero-order chi connectivity index (χ0) is 24.3. The van der Waals surface area contributed by atoms with Gasteiger partial charge in [-0.25, -0.2) is 8.42 Å². The minimum Gasteiger partial charge on any atom is -0.497 e. The van der Waals surface area contributed by atoms with E-state index in [-0.39, 0.29) is 21.7 Å². The number of aromatic nitrogens is 1. The van der Waals surface area contributed by atoms with Gasteiger partial charge in [-0.1, -0.05) is 19.1 Å². The highest BCUT2D eigenvalue weighted by Gasteiger charge is 2.31. The Morgan fingerprint density at radius 1 is 1.09 bits per heavy atom. The third-order valence-electron chi connectivity index (χ3n) is 6.38. The zero-order valence-electron chi connectivity index (χ0n) is 19.8. The van der Waals surface area contributed by atoms with Gasteiger partial charge in [0.25, 0.3) is 0 Å². The number of carbonyl (C=O) groups is 1. The van der Waals surface area contributed by atoms with Gasteiger partial charge in [-0.3, -0.25) is 9.78 Å². The number of pyridine rings is 1. The number of hydrogen-bond donors (Lipinski definition) is 0. The molecular formula is C26H30N2O5S. The molecule has 1 saturated heterocycles. The maximum atomic E-state index is 13.8. The number of ether oxygens (including phenoxy) is 2. The maximum Gasteiger partial charge on any atom is 0.309 e. The van der Waals surface area contributed by atoms with E-state index in [1.54, 1.807) is 26.2 Å². The monoisotopic (exact) mass is 482 g/mol. The summed E-state index contributed by atoms with van der Waals surface area (Å²) in [4.78, 5) is 19.1. The number of hydrogen-bond acceptors (Lipinski definition) is 7. The summed E-state index contributed by atoms with van der Waals surface area (Å²) in [5.74, 6) is 0.256. The number of anilines is 1. The topological polar surface area (TPSA) is 85.8 Å². The summed E-state index contributed by atoms with van der Waals surface area (Å²) in [6.45, 7) is 5.26. The van der Waals surface area contributed by atoms with E-state index >= 15 is 0 Å². The van der Waals surface area contributed by atoms with Crippen molar-refractivity contribution in [1.29, 1.82) is 0 Å². The van der Waals surface area contributed by atoms with Crippen molar-refractivity contribution < 1.29 is 22.7 Å². The SMILES string of the molecule is CCOC(=O)C1CCN(c2c(S(=O)(=O)c3ccc(CC)cc3)cnc3ccc(OC)cc23)CC1. The van der Waals surface area contributed by atoms with Crippen molar-refractivity contribution in [1.82, 2.24) is 4.98 Å². The number of methoxy groups -OCH3 is 1. The smallest absolute Gasteiger partial charge is 0.309 e. The lowest BCUT2D eigenvalue weighted by Crippen LogP contribution is -2.37. The Labute approximate surface area is 200 Å². The lowest BCUT2D eigenvalue weighted by molar-refractivity contribution is -0.148. The molecule has 0 N–H and O–H groups in total. The van der Waals surface area contributed by atoms with E-state index in [1.807, 2.05) is 42.2 Å². The number of nitrogens with zero attached hydrogens (tertiary/aromatic N) is 2. The molecule has 180 valence electrons. The molecule has 0 amide bonds. The fourth-order valence-electron chi connectivity index (χ4n) is 4.42. The lowest BCUT2D eigenvalue weighted by Gasteiger charge is -2.34. The van der Waals surface area contributed by atoms with Gasteiger partial charge in [-0.2, -0.15) is 0 Å². The molecule has 0 spiro atoms. The second kappa shape index (κ2) is 10.0. The van der Waals surface area contributed by atoms with Crippen molar-refractivity contribution in [3.8, 4) is 5.75 Å². The maximum absolute atomic E-state index is 13.8. The summed E-state index contributed by atoms with van der Waals surface area (Å²) in [6.07, 6.45) is 3.47. The standard InChI is InChI=1S/C26H30N2O5S/c1-4-18-6-9-21(10-7-18)34(30,31)24-17-27-23-11-8-20(32-3)16-22(23)25(24)28-14-12-19(13-15-28)26(29)33-5-2/h6-11,16-17,19H,4-5,12-15H2,1-3H3. The lowest BCUT2D eigenvalue weighted by atomic mass is 9.96. The molecule has 0 bridgehead atoms. The molecule has 2 aromatic carbocycles. The van der Waals surface area contributed by atoms with Crippen molar-refractivity contribution in [2.75, 3.05) is 31.7 Å².